The highest BCUT2D eigenvalue weighted by molar-refractivity contribution is 9.10. The fourth-order valence-electron chi connectivity index (χ4n) is 2.76. The molecule has 0 unspecified atom stereocenters. The van der Waals surface area contributed by atoms with Gasteiger partial charge in [0.2, 0.25) is 0 Å². The maximum atomic E-state index is 13.0. The van der Waals surface area contributed by atoms with Crippen LogP contribution in [0.5, 0.6) is 0 Å². The minimum atomic E-state index is -4.46. The molecule has 1 saturated carbocycles. The summed E-state index contributed by atoms with van der Waals surface area (Å²) in [6.07, 6.45) is 1.65. The number of pyridine rings is 1. The Kier molecular flexibility index (Phi) is 5.14. The molecule has 0 atom stereocenters. The lowest BCUT2D eigenvalue weighted by atomic mass is 9.74. The fourth-order valence-corrected chi connectivity index (χ4v) is 3.09. The third-order valence-corrected chi connectivity index (χ3v) is 4.47. The van der Waals surface area contributed by atoms with E-state index in [-0.39, 0.29) is 22.3 Å². The number of hydrogen-bond donors (Lipinski definition) is 2. The summed E-state index contributed by atoms with van der Waals surface area (Å²) in [4.78, 5) is 3.83. The summed E-state index contributed by atoms with van der Waals surface area (Å²) < 4.78 is 39.4. The van der Waals surface area contributed by atoms with E-state index in [9.17, 15) is 18.3 Å². The zero-order chi connectivity index (χ0) is 15.5. The largest absolute Gasteiger partial charge is 0.419 e. The van der Waals surface area contributed by atoms with E-state index in [1.54, 1.807) is 0 Å². The maximum absolute atomic E-state index is 13.0. The van der Waals surface area contributed by atoms with Crippen LogP contribution in [0, 0.1) is 5.41 Å². The van der Waals surface area contributed by atoms with Gasteiger partial charge in [-0.05, 0) is 34.8 Å². The van der Waals surface area contributed by atoms with Crippen LogP contribution in [-0.4, -0.2) is 23.2 Å². The number of aliphatic hydroxyl groups excluding tert-OH is 1. The van der Waals surface area contributed by atoms with Crippen LogP contribution in [0.15, 0.2) is 16.7 Å². The molecular formula is C14H18BrF3N2O. The van der Waals surface area contributed by atoms with E-state index in [0.29, 0.717) is 6.54 Å². The van der Waals surface area contributed by atoms with E-state index in [0.717, 1.165) is 38.2 Å². The topological polar surface area (TPSA) is 45.1 Å². The number of halogens is 4. The van der Waals surface area contributed by atoms with Crippen LogP contribution in [0.1, 0.15) is 37.7 Å². The van der Waals surface area contributed by atoms with Crippen LogP contribution in [-0.2, 0) is 6.18 Å². The highest BCUT2D eigenvalue weighted by Gasteiger charge is 2.36. The van der Waals surface area contributed by atoms with Crippen molar-refractivity contribution in [1.82, 2.24) is 4.98 Å². The summed E-state index contributed by atoms with van der Waals surface area (Å²) in [5, 5.41) is 12.4. The van der Waals surface area contributed by atoms with Crippen molar-refractivity contribution in [2.45, 2.75) is 38.3 Å². The molecule has 0 saturated heterocycles. The molecule has 0 aliphatic heterocycles. The van der Waals surface area contributed by atoms with Crippen LogP contribution in [0.25, 0.3) is 0 Å². The molecule has 1 aliphatic carbocycles. The highest BCUT2D eigenvalue weighted by atomic mass is 79.9. The van der Waals surface area contributed by atoms with E-state index in [4.69, 9.17) is 0 Å². The zero-order valence-electron chi connectivity index (χ0n) is 11.5. The van der Waals surface area contributed by atoms with E-state index in [1.165, 1.54) is 6.20 Å². The molecule has 0 amide bonds. The number of hydrogen-bond acceptors (Lipinski definition) is 3. The van der Waals surface area contributed by atoms with Gasteiger partial charge in [-0.25, -0.2) is 4.98 Å². The maximum Gasteiger partial charge on any atom is 0.419 e. The molecule has 1 fully saturated rings. The van der Waals surface area contributed by atoms with E-state index in [1.807, 2.05) is 0 Å². The summed E-state index contributed by atoms with van der Waals surface area (Å²) in [6, 6.07) is 1.02. The lowest BCUT2D eigenvalue weighted by molar-refractivity contribution is -0.137. The van der Waals surface area contributed by atoms with Crippen LogP contribution in [0.3, 0.4) is 0 Å². The Bertz CT molecular complexity index is 488. The second-order valence-corrected chi connectivity index (χ2v) is 6.54. The smallest absolute Gasteiger partial charge is 0.396 e. The number of alkyl halides is 3. The average Bonchev–Trinajstić information content (AvgIpc) is 2.46. The number of nitrogens with zero attached hydrogens (tertiary/aromatic N) is 1. The number of aliphatic hydroxyl groups is 1. The van der Waals surface area contributed by atoms with Gasteiger partial charge in [0.15, 0.2) is 0 Å². The second-order valence-electron chi connectivity index (χ2n) is 5.62. The molecule has 0 radical (unpaired) electrons. The Morgan fingerprint density at radius 1 is 1.29 bits per heavy atom. The third-order valence-electron chi connectivity index (χ3n) is 4.04. The lowest BCUT2D eigenvalue weighted by Crippen LogP contribution is -2.36. The molecule has 2 rings (SSSR count). The molecule has 2 N–H and O–H groups in total. The summed E-state index contributed by atoms with van der Waals surface area (Å²) in [5.41, 5.74) is -1.13. The average molecular weight is 367 g/mol. The molecule has 1 aliphatic rings. The number of nitrogens with one attached hydrogen (secondary N) is 1. The second kappa shape index (κ2) is 6.52. The van der Waals surface area contributed by atoms with Gasteiger partial charge in [-0.2, -0.15) is 13.2 Å². The molecule has 118 valence electrons. The first-order chi connectivity index (χ1) is 9.86. The first kappa shape index (κ1) is 16.5. The predicted octanol–water partition coefficient (Wildman–Crippen LogP) is 4.22. The first-order valence-electron chi connectivity index (χ1n) is 6.94. The molecule has 21 heavy (non-hydrogen) atoms. The van der Waals surface area contributed by atoms with Crippen molar-refractivity contribution in [1.29, 1.82) is 0 Å². The molecule has 0 bridgehead atoms. The Balaban J connectivity index is 2.16. The Hall–Kier alpha value is -0.820. The molecule has 0 spiro atoms. The Labute approximate surface area is 130 Å². The first-order valence-corrected chi connectivity index (χ1v) is 7.73. The van der Waals surface area contributed by atoms with Gasteiger partial charge in [-0.3, -0.25) is 0 Å². The summed E-state index contributed by atoms with van der Waals surface area (Å²) in [6.45, 7) is 0.291. The van der Waals surface area contributed by atoms with E-state index in [2.05, 4.69) is 26.2 Å². The van der Waals surface area contributed by atoms with Crippen molar-refractivity contribution >= 4 is 21.7 Å². The van der Waals surface area contributed by atoms with Crippen LogP contribution < -0.4 is 5.32 Å². The van der Waals surface area contributed by atoms with Crippen molar-refractivity contribution in [3.8, 4) is 0 Å². The monoisotopic (exact) mass is 366 g/mol. The minimum Gasteiger partial charge on any atom is -0.396 e. The standard InChI is InChI=1S/C14H18BrF3N2O/c15-10-6-11(14(16,17)18)12(19-7-10)20-8-13(9-21)4-2-1-3-5-13/h6-7,21H,1-5,8-9H2,(H,19,20). The van der Waals surface area contributed by atoms with Crippen molar-refractivity contribution < 1.29 is 18.3 Å². The fraction of sp³-hybridized carbons (Fsp3) is 0.643. The van der Waals surface area contributed by atoms with Gasteiger partial charge in [0, 0.05) is 22.6 Å². The van der Waals surface area contributed by atoms with Gasteiger partial charge in [0.1, 0.15) is 5.82 Å². The van der Waals surface area contributed by atoms with Crippen molar-refractivity contribution in [2.75, 3.05) is 18.5 Å². The van der Waals surface area contributed by atoms with Crippen molar-refractivity contribution in [2.24, 2.45) is 5.41 Å². The lowest BCUT2D eigenvalue weighted by Gasteiger charge is -2.36. The van der Waals surface area contributed by atoms with E-state index >= 15 is 0 Å². The molecule has 1 heterocycles. The molecule has 0 aromatic carbocycles. The number of anilines is 1. The molecular weight excluding hydrogens is 349 g/mol. The zero-order valence-corrected chi connectivity index (χ0v) is 13.1. The van der Waals surface area contributed by atoms with Gasteiger partial charge in [-0.15, -0.1) is 0 Å². The normalized spacial score (nSPS) is 18.5. The van der Waals surface area contributed by atoms with Gasteiger partial charge in [0.05, 0.1) is 12.2 Å². The van der Waals surface area contributed by atoms with Crippen molar-refractivity contribution in [3.63, 3.8) is 0 Å². The molecule has 1 aromatic rings. The molecule has 3 nitrogen and oxygen atoms in total. The summed E-state index contributed by atoms with van der Waals surface area (Å²) in [7, 11) is 0. The molecule has 7 heteroatoms. The van der Waals surface area contributed by atoms with E-state index < -0.39 is 11.7 Å². The Morgan fingerprint density at radius 2 is 1.95 bits per heavy atom. The summed E-state index contributed by atoms with van der Waals surface area (Å²) in [5.74, 6) is -0.177. The van der Waals surface area contributed by atoms with Crippen LogP contribution >= 0.6 is 15.9 Å². The number of aromatic nitrogens is 1. The Morgan fingerprint density at radius 3 is 2.52 bits per heavy atom. The van der Waals surface area contributed by atoms with Gasteiger partial charge >= 0.3 is 6.18 Å². The SMILES string of the molecule is OCC1(CNc2ncc(Br)cc2C(F)(F)F)CCCCC1. The van der Waals surface area contributed by atoms with Crippen LogP contribution in [0.2, 0.25) is 0 Å². The number of rotatable bonds is 4. The van der Waals surface area contributed by atoms with Crippen LogP contribution in [0.4, 0.5) is 19.0 Å². The molecule has 1 aromatic heterocycles. The van der Waals surface area contributed by atoms with Gasteiger partial charge < -0.3 is 10.4 Å². The van der Waals surface area contributed by atoms with Gasteiger partial charge in [-0.1, -0.05) is 19.3 Å². The highest BCUT2D eigenvalue weighted by Crippen LogP contribution is 2.38. The minimum absolute atomic E-state index is 0.0160. The van der Waals surface area contributed by atoms with Crippen molar-refractivity contribution in [3.05, 3.63) is 22.3 Å². The van der Waals surface area contributed by atoms with Gasteiger partial charge in [0.25, 0.3) is 0 Å². The summed E-state index contributed by atoms with van der Waals surface area (Å²) >= 11 is 3.01. The quantitative estimate of drug-likeness (QED) is 0.838. The predicted molar refractivity (Wildman–Crippen MR) is 78.0 cm³/mol. The third kappa shape index (κ3) is 4.10.